The molecule has 2 aliphatic rings. The molecule has 0 radical (unpaired) electrons. The van der Waals surface area contributed by atoms with Crippen molar-refractivity contribution in [2.75, 3.05) is 23.7 Å². The quantitative estimate of drug-likeness (QED) is 0.887. The molecule has 2 heterocycles. The van der Waals surface area contributed by atoms with Crippen LogP contribution in [0.25, 0.3) is 0 Å². The number of anilines is 1. The summed E-state index contributed by atoms with van der Waals surface area (Å²) in [6.07, 6.45) is 4.41. The van der Waals surface area contributed by atoms with Crippen molar-refractivity contribution in [1.29, 1.82) is 0 Å². The molecule has 1 saturated heterocycles. The van der Waals surface area contributed by atoms with Crippen molar-refractivity contribution in [3.05, 3.63) is 12.0 Å². The summed E-state index contributed by atoms with van der Waals surface area (Å²) in [4.78, 5) is 6.81. The summed E-state index contributed by atoms with van der Waals surface area (Å²) in [5.74, 6) is 1.17. The van der Waals surface area contributed by atoms with Gasteiger partial charge in [0.25, 0.3) is 6.01 Å². The number of thioether (sulfide) groups is 1. The van der Waals surface area contributed by atoms with Crippen molar-refractivity contribution in [2.24, 2.45) is 0 Å². The van der Waals surface area contributed by atoms with Gasteiger partial charge in [0.2, 0.25) is 0 Å². The fourth-order valence-electron chi connectivity index (χ4n) is 2.05. The van der Waals surface area contributed by atoms with Crippen LogP contribution in [0, 0.1) is 0 Å². The molecule has 1 saturated carbocycles. The van der Waals surface area contributed by atoms with Crippen molar-refractivity contribution in [2.45, 2.75) is 37.6 Å². The zero-order chi connectivity index (χ0) is 11.7. The van der Waals surface area contributed by atoms with E-state index in [1.807, 2.05) is 11.8 Å². The highest BCUT2D eigenvalue weighted by Crippen LogP contribution is 2.24. The molecule has 0 spiro atoms. The fourth-order valence-corrected chi connectivity index (χ4v) is 3.06. The zero-order valence-corrected chi connectivity index (χ0v) is 11.0. The molecule has 1 N–H and O–H groups in total. The third-order valence-corrected chi connectivity index (χ3v) is 4.34. The average Bonchev–Trinajstić information content (AvgIpc) is 3.04. The van der Waals surface area contributed by atoms with E-state index in [0.29, 0.717) is 5.25 Å². The summed E-state index contributed by atoms with van der Waals surface area (Å²) in [5.41, 5.74) is 1.03. The van der Waals surface area contributed by atoms with Crippen LogP contribution in [0.5, 0.6) is 0 Å². The Morgan fingerprint density at radius 2 is 2.47 bits per heavy atom. The molecule has 1 aliphatic heterocycles. The monoisotopic (exact) mass is 253 g/mol. The van der Waals surface area contributed by atoms with Crippen LogP contribution < -0.4 is 10.2 Å². The number of rotatable bonds is 4. The van der Waals surface area contributed by atoms with Crippen molar-refractivity contribution in [3.63, 3.8) is 0 Å². The van der Waals surface area contributed by atoms with Gasteiger partial charge in [0.05, 0.1) is 5.69 Å². The van der Waals surface area contributed by atoms with E-state index in [1.54, 1.807) is 6.26 Å². The van der Waals surface area contributed by atoms with Crippen LogP contribution >= 0.6 is 11.8 Å². The zero-order valence-electron chi connectivity index (χ0n) is 10.2. The molecule has 1 unspecified atom stereocenters. The van der Waals surface area contributed by atoms with Crippen molar-refractivity contribution >= 4 is 17.8 Å². The Bertz CT molecular complexity index is 378. The lowest BCUT2D eigenvalue weighted by Crippen LogP contribution is -2.36. The predicted molar refractivity (Wildman–Crippen MR) is 70.5 cm³/mol. The number of oxazole rings is 1. The highest BCUT2D eigenvalue weighted by atomic mass is 32.2. The summed E-state index contributed by atoms with van der Waals surface area (Å²) >= 11 is 2.02. The van der Waals surface area contributed by atoms with Gasteiger partial charge < -0.3 is 14.6 Å². The van der Waals surface area contributed by atoms with Gasteiger partial charge in [-0.25, -0.2) is 0 Å². The lowest BCUT2D eigenvalue weighted by Gasteiger charge is -2.28. The third-order valence-electron chi connectivity index (χ3n) is 3.20. The maximum Gasteiger partial charge on any atom is 0.297 e. The van der Waals surface area contributed by atoms with Crippen molar-refractivity contribution < 1.29 is 4.42 Å². The van der Waals surface area contributed by atoms with Gasteiger partial charge in [-0.05, 0) is 12.8 Å². The molecular weight excluding hydrogens is 234 g/mol. The SMILES string of the molecule is CC1CN(c2nc(CNC3CC3)co2)CCS1. The Morgan fingerprint density at radius 1 is 1.59 bits per heavy atom. The van der Waals surface area contributed by atoms with Gasteiger partial charge in [-0.1, -0.05) is 6.92 Å². The molecule has 2 fully saturated rings. The van der Waals surface area contributed by atoms with E-state index in [-0.39, 0.29) is 0 Å². The smallest absolute Gasteiger partial charge is 0.297 e. The number of nitrogens with zero attached hydrogens (tertiary/aromatic N) is 2. The van der Waals surface area contributed by atoms with Crippen LogP contribution in [-0.4, -0.2) is 35.1 Å². The van der Waals surface area contributed by atoms with Crippen LogP contribution in [-0.2, 0) is 6.54 Å². The van der Waals surface area contributed by atoms with E-state index in [4.69, 9.17) is 4.42 Å². The van der Waals surface area contributed by atoms with Gasteiger partial charge in [-0.2, -0.15) is 16.7 Å². The molecular formula is C12H19N3OS. The summed E-state index contributed by atoms with van der Waals surface area (Å²) < 4.78 is 5.57. The van der Waals surface area contributed by atoms with Crippen LogP contribution in [0.15, 0.2) is 10.7 Å². The van der Waals surface area contributed by atoms with E-state index in [0.717, 1.165) is 37.4 Å². The minimum absolute atomic E-state index is 0.670. The molecule has 3 rings (SSSR count). The Kier molecular flexibility index (Phi) is 3.29. The van der Waals surface area contributed by atoms with Gasteiger partial charge >= 0.3 is 0 Å². The highest BCUT2D eigenvalue weighted by Gasteiger charge is 2.22. The summed E-state index contributed by atoms with van der Waals surface area (Å²) in [5, 5.41) is 4.12. The second-order valence-corrected chi connectivity index (χ2v) is 6.45. The fraction of sp³-hybridized carbons (Fsp3) is 0.750. The standard InChI is InChI=1S/C12H19N3OS/c1-9-7-15(4-5-17-9)12-14-11(8-16-12)6-13-10-2-3-10/h8-10,13H,2-7H2,1H3. The maximum atomic E-state index is 5.57. The lowest BCUT2D eigenvalue weighted by molar-refractivity contribution is 0.532. The Balaban J connectivity index is 1.58. The van der Waals surface area contributed by atoms with E-state index in [2.05, 4.69) is 22.1 Å². The van der Waals surface area contributed by atoms with Crippen LogP contribution in [0.2, 0.25) is 0 Å². The number of nitrogens with one attached hydrogen (secondary N) is 1. The topological polar surface area (TPSA) is 41.3 Å². The second-order valence-electron chi connectivity index (χ2n) is 4.90. The average molecular weight is 253 g/mol. The van der Waals surface area contributed by atoms with Crippen molar-refractivity contribution in [3.8, 4) is 0 Å². The van der Waals surface area contributed by atoms with Gasteiger partial charge in [0.1, 0.15) is 6.26 Å². The maximum absolute atomic E-state index is 5.57. The molecule has 5 heteroatoms. The molecule has 1 aromatic heterocycles. The molecule has 1 atom stereocenters. The molecule has 1 aliphatic carbocycles. The third kappa shape index (κ3) is 2.96. The minimum Gasteiger partial charge on any atom is -0.432 e. The first-order valence-corrected chi connectivity index (χ1v) is 7.40. The molecule has 0 aromatic carbocycles. The first kappa shape index (κ1) is 11.4. The predicted octanol–water partition coefficient (Wildman–Crippen LogP) is 1.87. The summed E-state index contributed by atoms with van der Waals surface area (Å²) in [7, 11) is 0. The Morgan fingerprint density at radius 3 is 3.24 bits per heavy atom. The highest BCUT2D eigenvalue weighted by molar-refractivity contribution is 8.00. The summed E-state index contributed by atoms with van der Waals surface area (Å²) in [6, 6.07) is 1.52. The molecule has 0 bridgehead atoms. The normalized spacial score (nSPS) is 25.2. The Hall–Kier alpha value is -0.680. The first-order chi connectivity index (χ1) is 8.31. The van der Waals surface area contributed by atoms with Crippen LogP contribution in [0.3, 0.4) is 0 Å². The van der Waals surface area contributed by atoms with Crippen LogP contribution in [0.4, 0.5) is 6.01 Å². The van der Waals surface area contributed by atoms with Crippen molar-refractivity contribution in [1.82, 2.24) is 10.3 Å². The van der Waals surface area contributed by atoms with Gasteiger partial charge in [-0.15, -0.1) is 0 Å². The second kappa shape index (κ2) is 4.90. The number of aromatic nitrogens is 1. The molecule has 0 amide bonds. The molecule has 94 valence electrons. The summed E-state index contributed by atoms with van der Waals surface area (Å²) in [6.45, 7) is 5.19. The number of hydrogen-bond donors (Lipinski definition) is 1. The van der Waals surface area contributed by atoms with Gasteiger partial charge in [-0.3, -0.25) is 0 Å². The largest absolute Gasteiger partial charge is 0.432 e. The Labute approximate surface area is 106 Å². The minimum atomic E-state index is 0.670. The van der Waals surface area contributed by atoms with E-state index in [1.165, 1.54) is 18.6 Å². The van der Waals surface area contributed by atoms with Crippen LogP contribution in [0.1, 0.15) is 25.5 Å². The number of hydrogen-bond acceptors (Lipinski definition) is 5. The van der Waals surface area contributed by atoms with E-state index in [9.17, 15) is 0 Å². The molecule has 1 aromatic rings. The van der Waals surface area contributed by atoms with E-state index >= 15 is 0 Å². The molecule has 4 nitrogen and oxygen atoms in total. The van der Waals surface area contributed by atoms with E-state index < -0.39 is 0 Å². The first-order valence-electron chi connectivity index (χ1n) is 6.35. The molecule has 17 heavy (non-hydrogen) atoms. The van der Waals surface area contributed by atoms with Gasteiger partial charge in [0.15, 0.2) is 0 Å². The van der Waals surface area contributed by atoms with Gasteiger partial charge in [0, 0.05) is 36.7 Å². The lowest BCUT2D eigenvalue weighted by atomic mass is 10.4.